The third kappa shape index (κ3) is 4.47. The predicted molar refractivity (Wildman–Crippen MR) is 114 cm³/mol. The molecule has 0 saturated carbocycles. The van der Waals surface area contributed by atoms with E-state index in [1.807, 2.05) is 24.3 Å². The molecule has 4 N–H and O–H groups in total. The summed E-state index contributed by atoms with van der Waals surface area (Å²) in [5.74, 6) is -1.97. The molecule has 0 aliphatic carbocycles. The van der Waals surface area contributed by atoms with E-state index in [0.717, 1.165) is 10.9 Å². The Morgan fingerprint density at radius 3 is 2.62 bits per heavy atom. The first-order valence-corrected chi connectivity index (χ1v) is 9.91. The number of carboxylic acid groups (broad SMARTS) is 2. The van der Waals surface area contributed by atoms with Crippen LogP contribution in [0.3, 0.4) is 0 Å². The lowest BCUT2D eigenvalue weighted by Gasteiger charge is -2.43. The molecule has 1 aliphatic heterocycles. The monoisotopic (exact) mass is 442 g/mol. The van der Waals surface area contributed by atoms with Gasteiger partial charge in [0.2, 0.25) is 0 Å². The van der Waals surface area contributed by atoms with Crippen LogP contribution in [0.2, 0.25) is 0 Å². The van der Waals surface area contributed by atoms with Gasteiger partial charge >= 0.3 is 5.97 Å². The molecule has 8 nitrogen and oxygen atoms in total. The number of aliphatic carboxylic acids is 1. The number of rotatable bonds is 4. The number of benzene rings is 2. The second-order valence-corrected chi connectivity index (χ2v) is 7.65. The van der Waals surface area contributed by atoms with Gasteiger partial charge in [-0.2, -0.15) is 0 Å². The van der Waals surface area contributed by atoms with Gasteiger partial charge in [0.1, 0.15) is 11.2 Å². The van der Waals surface area contributed by atoms with Gasteiger partial charge in [-0.3, -0.25) is 14.4 Å². The van der Waals surface area contributed by atoms with Crippen molar-refractivity contribution < 1.29 is 34.1 Å². The van der Waals surface area contributed by atoms with Crippen LogP contribution in [-0.4, -0.2) is 62.7 Å². The van der Waals surface area contributed by atoms with E-state index in [0.29, 0.717) is 11.1 Å². The molecule has 168 valence electrons. The molecule has 1 amide bonds. The number of likely N-dealkylation sites (tertiary alicyclic amines) is 1. The summed E-state index contributed by atoms with van der Waals surface area (Å²) >= 11 is 0. The van der Waals surface area contributed by atoms with Gasteiger partial charge in [0, 0.05) is 30.2 Å². The summed E-state index contributed by atoms with van der Waals surface area (Å²) in [6, 6.07) is 13.0. The number of nitrogens with zero attached hydrogens (tertiary/aromatic N) is 1. The Kier molecular flexibility index (Phi) is 6.89. The molecule has 1 fully saturated rings. The van der Waals surface area contributed by atoms with E-state index in [9.17, 15) is 24.2 Å². The Balaban J connectivity index is 0.000000913. The molecular formula is C23H23FN2O6. The van der Waals surface area contributed by atoms with Gasteiger partial charge in [-0.15, -0.1) is 0 Å². The largest absolute Gasteiger partial charge is 0.483 e. The number of carboxylic acids is 1. The summed E-state index contributed by atoms with van der Waals surface area (Å²) in [4.78, 5) is 38.3. The van der Waals surface area contributed by atoms with E-state index in [2.05, 4.69) is 4.98 Å². The standard InChI is InChI=1S/C22H21FN2O4.CH2O2/c23-15-5-3-4-14(10-15)11-22(21(28)29)13-25(9-8-19(22)26)20(27)17-12-24-18-7-2-1-6-16(17)18;2-1-3/h1-7,10,12,19,24,26H,8-9,11,13H2,(H,28,29);1H,(H,2,3)/t19-,22+;/m0./s1. The summed E-state index contributed by atoms with van der Waals surface area (Å²) in [7, 11) is 0. The zero-order valence-electron chi connectivity index (χ0n) is 17.1. The first-order chi connectivity index (χ1) is 15.3. The van der Waals surface area contributed by atoms with Crippen molar-refractivity contribution in [1.82, 2.24) is 9.88 Å². The van der Waals surface area contributed by atoms with Gasteiger partial charge in [-0.25, -0.2) is 4.39 Å². The topological polar surface area (TPSA) is 131 Å². The summed E-state index contributed by atoms with van der Waals surface area (Å²) < 4.78 is 13.6. The second-order valence-electron chi connectivity index (χ2n) is 7.65. The number of hydrogen-bond acceptors (Lipinski definition) is 4. The Morgan fingerprint density at radius 1 is 1.22 bits per heavy atom. The minimum Gasteiger partial charge on any atom is -0.483 e. The third-order valence-electron chi connectivity index (χ3n) is 5.72. The van der Waals surface area contributed by atoms with Crippen LogP contribution in [0.4, 0.5) is 4.39 Å². The quantitative estimate of drug-likeness (QED) is 0.459. The molecule has 1 aromatic heterocycles. The van der Waals surface area contributed by atoms with Crippen molar-refractivity contribution in [1.29, 1.82) is 0 Å². The van der Waals surface area contributed by atoms with Crippen LogP contribution in [0.1, 0.15) is 22.3 Å². The summed E-state index contributed by atoms with van der Waals surface area (Å²) in [6.07, 6.45) is 0.539. The number of aromatic nitrogens is 1. The fourth-order valence-corrected chi connectivity index (χ4v) is 4.14. The molecular weight excluding hydrogens is 419 g/mol. The SMILES string of the molecule is O=C(c1c[nH]c2ccccc12)N1CC[C@H](O)[C@](Cc2cccc(F)c2)(C(=O)O)C1.O=CO. The van der Waals surface area contributed by atoms with Gasteiger partial charge in [0.25, 0.3) is 12.4 Å². The van der Waals surface area contributed by atoms with Crippen LogP contribution in [0, 0.1) is 11.2 Å². The maximum absolute atomic E-state index is 13.6. The number of aromatic amines is 1. The van der Waals surface area contributed by atoms with E-state index in [1.165, 1.54) is 23.1 Å². The average molecular weight is 442 g/mol. The number of H-pyrrole nitrogens is 1. The molecule has 0 unspecified atom stereocenters. The summed E-state index contributed by atoms with van der Waals surface area (Å²) in [5, 5.41) is 28.2. The van der Waals surface area contributed by atoms with Gasteiger partial charge in [0.15, 0.2) is 0 Å². The first kappa shape index (κ1) is 23.0. The normalized spacial score (nSPS) is 20.3. The molecule has 9 heteroatoms. The number of para-hydroxylation sites is 1. The zero-order chi connectivity index (χ0) is 23.3. The molecule has 2 heterocycles. The fraction of sp³-hybridized carbons (Fsp3) is 0.261. The Labute approximate surface area is 182 Å². The summed E-state index contributed by atoms with van der Waals surface area (Å²) in [6.45, 7) is -0.157. The van der Waals surface area contributed by atoms with Crippen LogP contribution < -0.4 is 0 Å². The Morgan fingerprint density at radius 2 is 1.94 bits per heavy atom. The van der Waals surface area contributed by atoms with Crippen molar-refractivity contribution in [2.75, 3.05) is 13.1 Å². The van der Waals surface area contributed by atoms with Crippen molar-refractivity contribution in [2.24, 2.45) is 5.41 Å². The number of amides is 1. The number of fused-ring (bicyclic) bond motifs is 1. The molecule has 3 aromatic rings. The van der Waals surface area contributed by atoms with Gasteiger partial charge in [0.05, 0.1) is 11.7 Å². The van der Waals surface area contributed by atoms with Crippen LogP contribution in [0.15, 0.2) is 54.7 Å². The minimum absolute atomic E-state index is 0.0705. The smallest absolute Gasteiger partial charge is 0.314 e. The van der Waals surface area contributed by atoms with Crippen molar-refractivity contribution >= 4 is 29.3 Å². The molecule has 0 spiro atoms. The first-order valence-electron chi connectivity index (χ1n) is 9.91. The number of nitrogens with one attached hydrogen (secondary N) is 1. The van der Waals surface area contributed by atoms with Crippen LogP contribution in [0.5, 0.6) is 0 Å². The third-order valence-corrected chi connectivity index (χ3v) is 5.72. The highest BCUT2D eigenvalue weighted by Gasteiger charge is 2.50. The number of piperidine rings is 1. The van der Waals surface area contributed by atoms with E-state index in [1.54, 1.807) is 12.3 Å². The van der Waals surface area contributed by atoms with E-state index >= 15 is 0 Å². The molecule has 4 rings (SSSR count). The number of halogens is 1. The minimum atomic E-state index is -1.60. The number of aliphatic hydroxyl groups is 1. The van der Waals surface area contributed by atoms with Crippen molar-refractivity contribution in [3.8, 4) is 0 Å². The van der Waals surface area contributed by atoms with Crippen molar-refractivity contribution in [2.45, 2.75) is 18.9 Å². The molecule has 0 radical (unpaired) electrons. The highest BCUT2D eigenvalue weighted by molar-refractivity contribution is 6.06. The van der Waals surface area contributed by atoms with Crippen LogP contribution in [-0.2, 0) is 16.0 Å². The highest BCUT2D eigenvalue weighted by atomic mass is 19.1. The number of carbonyl (C=O) groups is 3. The molecule has 2 atom stereocenters. The number of hydrogen-bond donors (Lipinski definition) is 4. The van der Waals surface area contributed by atoms with Gasteiger partial charge < -0.3 is 25.2 Å². The Hall–Kier alpha value is -3.72. The van der Waals surface area contributed by atoms with Gasteiger partial charge in [-0.1, -0.05) is 30.3 Å². The lowest BCUT2D eigenvalue weighted by molar-refractivity contribution is -0.161. The fourth-order valence-electron chi connectivity index (χ4n) is 4.14. The molecule has 0 bridgehead atoms. The molecule has 2 aromatic carbocycles. The highest BCUT2D eigenvalue weighted by Crippen LogP contribution is 2.36. The van der Waals surface area contributed by atoms with Gasteiger partial charge in [-0.05, 0) is 36.6 Å². The van der Waals surface area contributed by atoms with E-state index in [4.69, 9.17) is 9.90 Å². The Bertz CT molecular complexity index is 1130. The zero-order valence-corrected chi connectivity index (χ0v) is 17.1. The molecule has 1 aliphatic rings. The van der Waals surface area contributed by atoms with Crippen molar-refractivity contribution in [3.05, 3.63) is 71.7 Å². The lowest BCUT2D eigenvalue weighted by Crippen LogP contribution is -2.58. The molecule has 1 saturated heterocycles. The lowest BCUT2D eigenvalue weighted by atomic mass is 9.72. The number of aliphatic hydroxyl groups excluding tert-OH is 1. The average Bonchev–Trinajstić information content (AvgIpc) is 3.19. The maximum atomic E-state index is 13.6. The molecule has 32 heavy (non-hydrogen) atoms. The van der Waals surface area contributed by atoms with E-state index in [-0.39, 0.29) is 38.3 Å². The van der Waals surface area contributed by atoms with Crippen LogP contribution >= 0.6 is 0 Å². The number of carbonyl (C=O) groups excluding carboxylic acids is 1. The second kappa shape index (κ2) is 9.61. The van der Waals surface area contributed by atoms with E-state index < -0.39 is 23.3 Å². The summed E-state index contributed by atoms with van der Waals surface area (Å²) in [5.41, 5.74) is 0.139. The van der Waals surface area contributed by atoms with Crippen molar-refractivity contribution in [3.63, 3.8) is 0 Å². The predicted octanol–water partition coefficient (Wildman–Crippen LogP) is 2.53. The van der Waals surface area contributed by atoms with Crippen LogP contribution in [0.25, 0.3) is 10.9 Å². The maximum Gasteiger partial charge on any atom is 0.314 e.